The fourth-order valence-electron chi connectivity index (χ4n) is 1.77. The number of hydrogen-bond acceptors (Lipinski definition) is 6. The predicted molar refractivity (Wildman–Crippen MR) is 78.7 cm³/mol. The van der Waals surface area contributed by atoms with Gasteiger partial charge >= 0.3 is 0 Å². The number of carbonyl (C=O) groups is 1. The van der Waals surface area contributed by atoms with E-state index in [4.69, 9.17) is 4.74 Å². The monoisotopic (exact) mass is 292 g/mol. The molecular formula is C16H12N4O2. The maximum atomic E-state index is 12.2. The van der Waals surface area contributed by atoms with Crippen molar-refractivity contribution in [3.63, 3.8) is 0 Å². The summed E-state index contributed by atoms with van der Waals surface area (Å²) in [6.45, 7) is 1.95. The minimum absolute atomic E-state index is 0.236. The molecule has 0 aliphatic carbocycles. The number of carbonyl (C=O) groups excluding carboxylic acids is 1. The number of rotatable bonds is 4. The molecule has 0 fully saturated rings. The number of ketones is 1. The van der Waals surface area contributed by atoms with Crippen molar-refractivity contribution in [2.45, 2.75) is 6.92 Å². The third-order valence-corrected chi connectivity index (χ3v) is 2.90. The molecule has 0 aliphatic heterocycles. The van der Waals surface area contributed by atoms with Gasteiger partial charge in [0.1, 0.15) is 17.8 Å². The lowest BCUT2D eigenvalue weighted by Gasteiger charge is -2.05. The van der Waals surface area contributed by atoms with Gasteiger partial charge < -0.3 is 4.74 Å². The Morgan fingerprint density at radius 2 is 1.77 bits per heavy atom. The van der Waals surface area contributed by atoms with E-state index in [-0.39, 0.29) is 5.78 Å². The lowest BCUT2D eigenvalue weighted by molar-refractivity contribution is 0.103. The summed E-state index contributed by atoms with van der Waals surface area (Å²) >= 11 is 0. The molecule has 0 radical (unpaired) electrons. The number of hydrogen-bond donors (Lipinski definition) is 0. The van der Waals surface area contributed by atoms with Crippen LogP contribution in [0.25, 0.3) is 0 Å². The van der Waals surface area contributed by atoms with E-state index in [2.05, 4.69) is 19.9 Å². The Labute approximate surface area is 126 Å². The van der Waals surface area contributed by atoms with E-state index in [0.29, 0.717) is 22.9 Å². The molecule has 0 spiro atoms. The highest BCUT2D eigenvalue weighted by Crippen LogP contribution is 2.19. The fraction of sp³-hybridized carbons (Fsp3) is 0.0625. The van der Waals surface area contributed by atoms with Crippen LogP contribution in [-0.4, -0.2) is 25.7 Å². The van der Waals surface area contributed by atoms with E-state index in [9.17, 15) is 4.79 Å². The fourth-order valence-corrected chi connectivity index (χ4v) is 1.77. The second-order valence-corrected chi connectivity index (χ2v) is 4.61. The molecule has 108 valence electrons. The predicted octanol–water partition coefficient (Wildman–Crippen LogP) is 2.60. The third-order valence-electron chi connectivity index (χ3n) is 2.90. The van der Waals surface area contributed by atoms with Crippen molar-refractivity contribution in [3.05, 3.63) is 72.2 Å². The van der Waals surface area contributed by atoms with Crippen LogP contribution in [0.15, 0.2) is 55.4 Å². The highest BCUT2D eigenvalue weighted by Gasteiger charge is 2.11. The van der Waals surface area contributed by atoms with Crippen molar-refractivity contribution in [2.24, 2.45) is 0 Å². The minimum atomic E-state index is -0.236. The summed E-state index contributed by atoms with van der Waals surface area (Å²) < 4.78 is 5.56. The maximum Gasteiger partial charge on any atom is 0.219 e. The molecule has 0 N–H and O–H groups in total. The van der Waals surface area contributed by atoms with E-state index in [0.717, 1.165) is 5.56 Å². The first kappa shape index (κ1) is 13.8. The molecule has 3 aromatic heterocycles. The largest absolute Gasteiger partial charge is 0.437 e. The van der Waals surface area contributed by atoms with Gasteiger partial charge in [-0.1, -0.05) is 6.07 Å². The Bertz CT molecular complexity index is 772. The Kier molecular flexibility index (Phi) is 3.82. The summed E-state index contributed by atoms with van der Waals surface area (Å²) in [4.78, 5) is 28.1. The number of nitrogens with zero attached hydrogens (tertiary/aromatic N) is 4. The standard InChI is InChI=1S/C16H12N4O2/c1-11-2-5-15(20-6-11)22-13-3-4-14(19-9-13)16(21)12-7-17-10-18-8-12/h2-10H,1H3. The van der Waals surface area contributed by atoms with Crippen molar-refractivity contribution in [2.75, 3.05) is 0 Å². The molecule has 0 saturated carbocycles. The Balaban J connectivity index is 1.75. The van der Waals surface area contributed by atoms with Gasteiger partial charge in [0.2, 0.25) is 11.7 Å². The molecule has 0 aliphatic rings. The van der Waals surface area contributed by atoms with Crippen LogP contribution >= 0.6 is 0 Å². The first-order chi connectivity index (χ1) is 10.7. The lowest BCUT2D eigenvalue weighted by atomic mass is 10.1. The second kappa shape index (κ2) is 6.09. The van der Waals surface area contributed by atoms with Crippen molar-refractivity contribution >= 4 is 5.78 Å². The number of pyridine rings is 2. The molecule has 3 rings (SSSR count). The number of aryl methyl sites for hydroxylation is 1. The maximum absolute atomic E-state index is 12.2. The lowest BCUT2D eigenvalue weighted by Crippen LogP contribution is -2.04. The van der Waals surface area contributed by atoms with Crippen LogP contribution in [0.3, 0.4) is 0 Å². The van der Waals surface area contributed by atoms with Gasteiger partial charge in [-0.3, -0.25) is 4.79 Å². The average Bonchev–Trinajstić information content (AvgIpc) is 2.58. The number of aromatic nitrogens is 4. The molecule has 0 aromatic carbocycles. The van der Waals surface area contributed by atoms with Crippen LogP contribution in [0.5, 0.6) is 11.6 Å². The summed E-state index contributed by atoms with van der Waals surface area (Å²) in [7, 11) is 0. The molecular weight excluding hydrogens is 280 g/mol. The molecule has 6 nitrogen and oxygen atoms in total. The summed E-state index contributed by atoms with van der Waals surface area (Å²) in [5.74, 6) is 0.751. The van der Waals surface area contributed by atoms with E-state index >= 15 is 0 Å². The summed E-state index contributed by atoms with van der Waals surface area (Å²) in [6.07, 6.45) is 7.49. The molecule has 0 saturated heterocycles. The first-order valence-corrected chi connectivity index (χ1v) is 6.58. The summed E-state index contributed by atoms with van der Waals surface area (Å²) in [6, 6.07) is 6.95. The van der Waals surface area contributed by atoms with Crippen LogP contribution < -0.4 is 4.74 Å². The molecule has 22 heavy (non-hydrogen) atoms. The quantitative estimate of drug-likeness (QED) is 0.688. The average molecular weight is 292 g/mol. The van der Waals surface area contributed by atoms with Gasteiger partial charge in [-0.05, 0) is 24.6 Å². The zero-order valence-corrected chi connectivity index (χ0v) is 11.8. The van der Waals surface area contributed by atoms with Crippen molar-refractivity contribution in [1.29, 1.82) is 0 Å². The van der Waals surface area contributed by atoms with Crippen LogP contribution in [0.1, 0.15) is 21.6 Å². The Hall–Kier alpha value is -3.15. The molecule has 3 aromatic rings. The smallest absolute Gasteiger partial charge is 0.219 e. The third kappa shape index (κ3) is 3.12. The van der Waals surface area contributed by atoms with Crippen LogP contribution in [0.4, 0.5) is 0 Å². The van der Waals surface area contributed by atoms with Crippen molar-refractivity contribution in [1.82, 2.24) is 19.9 Å². The van der Waals surface area contributed by atoms with E-state index < -0.39 is 0 Å². The van der Waals surface area contributed by atoms with Crippen LogP contribution in [-0.2, 0) is 0 Å². The van der Waals surface area contributed by atoms with Gasteiger partial charge in [0, 0.05) is 24.7 Å². The molecule has 0 unspecified atom stereocenters. The molecule has 6 heteroatoms. The molecule has 0 atom stereocenters. The van der Waals surface area contributed by atoms with Gasteiger partial charge in [0.15, 0.2) is 0 Å². The summed E-state index contributed by atoms with van der Waals surface area (Å²) in [5, 5.41) is 0. The van der Waals surface area contributed by atoms with Gasteiger partial charge in [-0.25, -0.2) is 19.9 Å². The Morgan fingerprint density at radius 1 is 0.955 bits per heavy atom. The first-order valence-electron chi connectivity index (χ1n) is 6.58. The molecule has 0 bridgehead atoms. The van der Waals surface area contributed by atoms with Crippen molar-refractivity contribution in [3.8, 4) is 11.6 Å². The number of ether oxygens (including phenoxy) is 1. The Morgan fingerprint density at radius 3 is 2.41 bits per heavy atom. The highest BCUT2D eigenvalue weighted by molar-refractivity contribution is 6.07. The topological polar surface area (TPSA) is 77.9 Å². The highest BCUT2D eigenvalue weighted by atomic mass is 16.5. The van der Waals surface area contributed by atoms with Crippen LogP contribution in [0.2, 0.25) is 0 Å². The second-order valence-electron chi connectivity index (χ2n) is 4.61. The van der Waals surface area contributed by atoms with Gasteiger partial charge in [-0.2, -0.15) is 0 Å². The summed E-state index contributed by atoms with van der Waals surface area (Å²) in [5.41, 5.74) is 1.75. The van der Waals surface area contributed by atoms with Crippen molar-refractivity contribution < 1.29 is 9.53 Å². The zero-order valence-electron chi connectivity index (χ0n) is 11.8. The minimum Gasteiger partial charge on any atom is -0.437 e. The zero-order chi connectivity index (χ0) is 15.4. The molecule has 3 heterocycles. The van der Waals surface area contributed by atoms with Gasteiger partial charge in [-0.15, -0.1) is 0 Å². The van der Waals surface area contributed by atoms with Gasteiger partial charge in [0.25, 0.3) is 0 Å². The molecule has 0 amide bonds. The van der Waals surface area contributed by atoms with Crippen LogP contribution in [0, 0.1) is 6.92 Å². The van der Waals surface area contributed by atoms with E-state index in [1.165, 1.54) is 24.9 Å². The van der Waals surface area contributed by atoms with Gasteiger partial charge in [0.05, 0.1) is 11.8 Å². The SMILES string of the molecule is Cc1ccc(Oc2ccc(C(=O)c3cncnc3)nc2)nc1. The van der Waals surface area contributed by atoms with E-state index in [1.54, 1.807) is 24.4 Å². The van der Waals surface area contributed by atoms with E-state index in [1.807, 2.05) is 13.0 Å². The normalized spacial score (nSPS) is 10.2.